The molecule has 3 rings (SSSR count). The van der Waals surface area contributed by atoms with Crippen LogP contribution in [0.15, 0.2) is 60.8 Å². The number of carbonyl (C=O) groups is 1. The number of rotatable bonds is 6. The van der Waals surface area contributed by atoms with Crippen molar-refractivity contribution in [3.63, 3.8) is 0 Å². The van der Waals surface area contributed by atoms with Gasteiger partial charge >= 0.3 is 0 Å². The van der Waals surface area contributed by atoms with Gasteiger partial charge in [-0.1, -0.05) is 61.8 Å². The summed E-state index contributed by atoms with van der Waals surface area (Å²) < 4.78 is 0. The number of hydrogen-bond donors (Lipinski definition) is 1. The first-order chi connectivity index (χ1) is 13.0. The number of benzene rings is 2. The Balaban J connectivity index is 1.57. The van der Waals surface area contributed by atoms with Crippen LogP contribution in [0.3, 0.4) is 0 Å². The highest BCUT2D eigenvalue weighted by molar-refractivity contribution is 7.15. The van der Waals surface area contributed by atoms with Crippen LogP contribution in [0.5, 0.6) is 0 Å². The molecular weight excluding hydrogens is 376 g/mol. The first-order valence-corrected chi connectivity index (χ1v) is 9.97. The van der Waals surface area contributed by atoms with Crippen molar-refractivity contribution in [2.75, 3.05) is 5.32 Å². The van der Waals surface area contributed by atoms with Crippen LogP contribution in [0.2, 0.25) is 5.02 Å². The predicted molar refractivity (Wildman–Crippen MR) is 115 cm³/mol. The topological polar surface area (TPSA) is 42.0 Å². The average molecular weight is 397 g/mol. The normalized spacial score (nSPS) is 11.3. The molecule has 0 saturated carbocycles. The summed E-state index contributed by atoms with van der Waals surface area (Å²) in [5.41, 5.74) is 3.40. The molecule has 0 saturated heterocycles. The fraction of sp³-hybridized carbons (Fsp3) is 0.182. The lowest BCUT2D eigenvalue weighted by molar-refractivity contribution is -0.111. The molecule has 0 spiro atoms. The Hall–Kier alpha value is -2.43. The van der Waals surface area contributed by atoms with Gasteiger partial charge in [0.05, 0.1) is 0 Å². The lowest BCUT2D eigenvalue weighted by Gasteiger charge is -2.04. The molecule has 0 atom stereocenters. The Labute approximate surface area is 168 Å². The van der Waals surface area contributed by atoms with E-state index in [2.05, 4.69) is 36.3 Å². The van der Waals surface area contributed by atoms with E-state index in [1.54, 1.807) is 12.3 Å². The second-order valence-electron chi connectivity index (χ2n) is 6.58. The minimum Gasteiger partial charge on any atom is -0.298 e. The summed E-state index contributed by atoms with van der Waals surface area (Å²) in [6.45, 7) is 4.32. The number of hydrogen-bond acceptors (Lipinski definition) is 3. The molecule has 0 unspecified atom stereocenters. The number of nitrogens with zero attached hydrogens (tertiary/aromatic N) is 1. The van der Waals surface area contributed by atoms with E-state index in [1.165, 1.54) is 23.0 Å². The average Bonchev–Trinajstić information content (AvgIpc) is 3.07. The highest BCUT2D eigenvalue weighted by Gasteiger charge is 2.06. The van der Waals surface area contributed by atoms with E-state index in [4.69, 9.17) is 11.6 Å². The predicted octanol–water partition coefficient (Wildman–Crippen LogP) is 6.16. The van der Waals surface area contributed by atoms with Gasteiger partial charge in [0.1, 0.15) is 0 Å². The molecule has 0 aliphatic rings. The van der Waals surface area contributed by atoms with Crippen LogP contribution in [0.1, 0.15) is 41.3 Å². The largest absolute Gasteiger partial charge is 0.298 e. The third-order valence-corrected chi connectivity index (χ3v) is 5.23. The van der Waals surface area contributed by atoms with Crippen molar-refractivity contribution in [1.29, 1.82) is 0 Å². The Morgan fingerprint density at radius 3 is 2.70 bits per heavy atom. The summed E-state index contributed by atoms with van der Waals surface area (Å²) in [6.07, 6.45) is 5.87. The zero-order valence-electron chi connectivity index (χ0n) is 15.3. The number of carbonyl (C=O) groups excluding carboxylic acids is 1. The fourth-order valence-electron chi connectivity index (χ4n) is 2.61. The van der Waals surface area contributed by atoms with Crippen LogP contribution in [0, 0.1) is 0 Å². The van der Waals surface area contributed by atoms with E-state index >= 15 is 0 Å². The van der Waals surface area contributed by atoms with Gasteiger partial charge in [-0.2, -0.15) is 0 Å². The Kier molecular flexibility index (Phi) is 6.43. The number of halogens is 1. The summed E-state index contributed by atoms with van der Waals surface area (Å²) in [5, 5.41) is 4.13. The zero-order chi connectivity index (χ0) is 19.2. The van der Waals surface area contributed by atoms with Crippen LogP contribution in [-0.4, -0.2) is 10.9 Å². The summed E-state index contributed by atoms with van der Waals surface area (Å²) in [5.74, 6) is 0.309. The third kappa shape index (κ3) is 5.78. The van der Waals surface area contributed by atoms with Crippen LogP contribution < -0.4 is 5.32 Å². The Morgan fingerprint density at radius 1 is 1.22 bits per heavy atom. The molecule has 0 aliphatic heterocycles. The highest BCUT2D eigenvalue weighted by Crippen LogP contribution is 2.22. The fourth-order valence-corrected chi connectivity index (χ4v) is 3.67. The van der Waals surface area contributed by atoms with Gasteiger partial charge in [0, 0.05) is 28.6 Å². The maximum absolute atomic E-state index is 12.1. The zero-order valence-corrected chi connectivity index (χ0v) is 16.8. The lowest BCUT2D eigenvalue weighted by Crippen LogP contribution is -2.07. The molecule has 3 nitrogen and oxygen atoms in total. The molecule has 1 aromatic heterocycles. The van der Waals surface area contributed by atoms with Crippen molar-refractivity contribution in [2.45, 2.75) is 26.2 Å². The van der Waals surface area contributed by atoms with Crippen molar-refractivity contribution < 1.29 is 4.79 Å². The molecule has 3 aromatic rings. The standard InChI is InChI=1S/C22H21ClN2OS/c1-15(2)18-9-6-16(7-10-18)8-11-21(26)25-22-24-14-20(27-22)13-17-4-3-5-19(23)12-17/h3-12,14-15H,13H2,1-2H3,(H,24,25,26). The Morgan fingerprint density at radius 2 is 2.00 bits per heavy atom. The third-order valence-electron chi connectivity index (χ3n) is 4.08. The molecule has 1 heterocycles. The molecule has 0 bridgehead atoms. The summed E-state index contributed by atoms with van der Waals surface area (Å²) in [4.78, 5) is 17.5. The Bertz CT molecular complexity index is 945. The van der Waals surface area contributed by atoms with E-state index in [0.717, 1.165) is 27.4 Å². The second-order valence-corrected chi connectivity index (χ2v) is 8.13. The lowest BCUT2D eigenvalue weighted by atomic mass is 10.0. The van der Waals surface area contributed by atoms with E-state index in [1.807, 2.05) is 36.4 Å². The van der Waals surface area contributed by atoms with Gasteiger partial charge in [-0.15, -0.1) is 11.3 Å². The molecule has 0 fully saturated rings. The van der Waals surface area contributed by atoms with Crippen molar-refractivity contribution in [3.8, 4) is 0 Å². The maximum Gasteiger partial charge on any atom is 0.250 e. The second kappa shape index (κ2) is 8.98. The monoisotopic (exact) mass is 396 g/mol. The van der Waals surface area contributed by atoms with Gasteiger partial charge in [-0.05, 0) is 40.8 Å². The van der Waals surface area contributed by atoms with Crippen molar-refractivity contribution in [2.24, 2.45) is 0 Å². The molecular formula is C22H21ClN2OS. The van der Waals surface area contributed by atoms with Crippen LogP contribution in [0.4, 0.5) is 5.13 Å². The number of nitrogens with one attached hydrogen (secondary N) is 1. The van der Waals surface area contributed by atoms with Gasteiger partial charge in [0.2, 0.25) is 5.91 Å². The van der Waals surface area contributed by atoms with Gasteiger partial charge in [0.25, 0.3) is 0 Å². The highest BCUT2D eigenvalue weighted by atomic mass is 35.5. The minimum absolute atomic E-state index is 0.188. The number of anilines is 1. The number of thiazole rings is 1. The van der Waals surface area contributed by atoms with Gasteiger partial charge < -0.3 is 0 Å². The first kappa shape index (κ1) is 19.3. The first-order valence-electron chi connectivity index (χ1n) is 8.78. The van der Waals surface area contributed by atoms with Crippen molar-refractivity contribution in [3.05, 3.63) is 87.4 Å². The van der Waals surface area contributed by atoms with Gasteiger partial charge in [0.15, 0.2) is 5.13 Å². The van der Waals surface area contributed by atoms with E-state index in [0.29, 0.717) is 11.0 Å². The van der Waals surface area contributed by atoms with Crippen LogP contribution in [0.25, 0.3) is 6.08 Å². The smallest absolute Gasteiger partial charge is 0.250 e. The van der Waals surface area contributed by atoms with Gasteiger partial charge in [-0.3, -0.25) is 10.1 Å². The molecule has 2 aromatic carbocycles. The number of aromatic nitrogens is 1. The summed E-state index contributed by atoms with van der Waals surface area (Å²) in [7, 11) is 0. The quantitative estimate of drug-likeness (QED) is 0.507. The minimum atomic E-state index is -0.188. The molecule has 1 N–H and O–H groups in total. The summed E-state index contributed by atoms with van der Waals surface area (Å²) >= 11 is 7.49. The maximum atomic E-state index is 12.1. The molecule has 138 valence electrons. The van der Waals surface area contributed by atoms with E-state index in [9.17, 15) is 4.79 Å². The van der Waals surface area contributed by atoms with E-state index in [-0.39, 0.29) is 5.91 Å². The van der Waals surface area contributed by atoms with Crippen LogP contribution in [-0.2, 0) is 11.2 Å². The number of amides is 1. The van der Waals surface area contributed by atoms with Crippen molar-refractivity contribution in [1.82, 2.24) is 4.98 Å². The molecule has 0 aliphatic carbocycles. The molecule has 27 heavy (non-hydrogen) atoms. The molecule has 1 amide bonds. The van der Waals surface area contributed by atoms with Crippen LogP contribution >= 0.6 is 22.9 Å². The summed E-state index contributed by atoms with van der Waals surface area (Å²) in [6, 6.07) is 16.0. The molecule has 0 radical (unpaired) electrons. The molecule has 5 heteroatoms. The SMILES string of the molecule is CC(C)c1ccc(C=CC(=O)Nc2ncc(Cc3cccc(Cl)c3)s2)cc1. The van der Waals surface area contributed by atoms with Crippen molar-refractivity contribution >= 4 is 40.1 Å². The van der Waals surface area contributed by atoms with Gasteiger partial charge in [-0.25, -0.2) is 4.98 Å². The van der Waals surface area contributed by atoms with E-state index < -0.39 is 0 Å².